The molecule has 2 saturated heterocycles. The molecule has 0 radical (unpaired) electrons. The smallest absolute Gasteiger partial charge is 0.269 e. The summed E-state index contributed by atoms with van der Waals surface area (Å²) in [6.45, 7) is -0.253. The summed E-state index contributed by atoms with van der Waals surface area (Å²) in [5.41, 5.74) is 1.16. The zero-order valence-electron chi connectivity index (χ0n) is 16.7. The minimum atomic E-state index is -1.23. The van der Waals surface area contributed by atoms with Crippen molar-refractivity contribution in [3.63, 3.8) is 0 Å². The van der Waals surface area contributed by atoms with Gasteiger partial charge in [0.2, 0.25) is 6.79 Å². The Morgan fingerprint density at radius 1 is 1.00 bits per heavy atom. The Morgan fingerprint density at radius 2 is 1.75 bits per heavy atom. The molecule has 11 heteroatoms. The minimum absolute atomic E-state index is 0.0646. The first-order valence-electron chi connectivity index (χ1n) is 10.0. The van der Waals surface area contributed by atoms with Gasteiger partial charge in [-0.2, -0.15) is 0 Å². The van der Waals surface area contributed by atoms with Crippen LogP contribution in [0.5, 0.6) is 11.5 Å². The van der Waals surface area contributed by atoms with E-state index < -0.39 is 48.5 Å². The molecule has 2 N–H and O–H groups in total. The highest BCUT2D eigenvalue weighted by atomic mass is 16.8. The molecule has 11 nitrogen and oxygen atoms in total. The van der Waals surface area contributed by atoms with Crippen LogP contribution in [-0.2, 0) is 18.9 Å². The predicted octanol–water partition coefficient (Wildman–Crippen LogP) is 1.57. The summed E-state index contributed by atoms with van der Waals surface area (Å²) in [4.78, 5) is 10.4. The van der Waals surface area contributed by atoms with E-state index in [4.69, 9.17) is 28.4 Å². The standard InChI is InChI=1S/C21H21NO10/c23-8-14(24)18-19-17(30-21(31-18)11-1-4-13(5-2-11)22(25)26)9-27-20(32-19)12-3-6-15-16(7-12)29-10-28-15/h1-7,14,17-21,23-24H,8-10H2/t14-,17+,18-,19-,20?,21?/m1/s1. The average Bonchev–Trinajstić information content (AvgIpc) is 3.30. The fourth-order valence-electron chi connectivity index (χ4n) is 3.92. The van der Waals surface area contributed by atoms with Gasteiger partial charge in [0, 0.05) is 23.3 Å². The summed E-state index contributed by atoms with van der Waals surface area (Å²) >= 11 is 0. The first-order valence-corrected chi connectivity index (χ1v) is 10.0. The van der Waals surface area contributed by atoms with Crippen LogP contribution in [0, 0.1) is 10.1 Å². The largest absolute Gasteiger partial charge is 0.454 e. The molecular formula is C21H21NO10. The van der Waals surface area contributed by atoms with Crippen LogP contribution < -0.4 is 9.47 Å². The van der Waals surface area contributed by atoms with E-state index in [1.54, 1.807) is 18.2 Å². The monoisotopic (exact) mass is 447 g/mol. The fraction of sp³-hybridized carbons (Fsp3) is 0.429. The van der Waals surface area contributed by atoms with Crippen molar-refractivity contribution in [2.24, 2.45) is 0 Å². The lowest BCUT2D eigenvalue weighted by Crippen LogP contribution is -2.58. The van der Waals surface area contributed by atoms with Crippen LogP contribution in [0.25, 0.3) is 0 Å². The lowest BCUT2D eigenvalue weighted by Gasteiger charge is -2.47. The van der Waals surface area contributed by atoms with Gasteiger partial charge in [-0.1, -0.05) is 0 Å². The molecule has 0 aromatic heterocycles. The highest BCUT2D eigenvalue weighted by Crippen LogP contribution is 2.41. The second-order valence-corrected chi connectivity index (χ2v) is 7.58. The summed E-state index contributed by atoms with van der Waals surface area (Å²) < 4.78 is 34.6. The number of non-ortho nitro benzene ring substituents is 1. The minimum Gasteiger partial charge on any atom is -0.454 e. The van der Waals surface area contributed by atoms with Crippen molar-refractivity contribution in [3.05, 3.63) is 63.7 Å². The number of hydrogen-bond acceptors (Lipinski definition) is 10. The van der Waals surface area contributed by atoms with Crippen LogP contribution in [0.2, 0.25) is 0 Å². The number of rotatable bonds is 5. The Bertz CT molecular complexity index is 983. The van der Waals surface area contributed by atoms with Gasteiger partial charge >= 0.3 is 0 Å². The SMILES string of the molecule is O=[N+]([O-])c1ccc(C2O[C@H]([C@H](O)CO)[C@@H]3OC(c4ccc5c(c4)OCO5)OC[C@@H]3O2)cc1. The van der Waals surface area contributed by atoms with Gasteiger partial charge in [0.25, 0.3) is 5.69 Å². The molecule has 5 rings (SSSR count). The van der Waals surface area contributed by atoms with Gasteiger partial charge < -0.3 is 38.6 Å². The van der Waals surface area contributed by atoms with Crippen molar-refractivity contribution >= 4 is 5.69 Å². The number of ether oxygens (including phenoxy) is 6. The third-order valence-corrected chi connectivity index (χ3v) is 5.57. The van der Waals surface area contributed by atoms with Crippen molar-refractivity contribution in [2.45, 2.75) is 37.0 Å². The molecule has 3 aliphatic rings. The quantitative estimate of drug-likeness (QED) is 0.513. The summed E-state index contributed by atoms with van der Waals surface area (Å²) in [5.74, 6) is 1.21. The molecule has 0 saturated carbocycles. The molecule has 2 unspecified atom stereocenters. The van der Waals surface area contributed by atoms with E-state index in [-0.39, 0.29) is 19.1 Å². The number of hydrogen-bond donors (Lipinski definition) is 2. The normalized spacial score (nSPS) is 29.9. The molecule has 2 fully saturated rings. The number of aliphatic hydroxyl groups excluding tert-OH is 2. The Hall–Kier alpha value is -2.80. The van der Waals surface area contributed by atoms with Crippen molar-refractivity contribution in [2.75, 3.05) is 20.0 Å². The van der Waals surface area contributed by atoms with E-state index in [1.165, 1.54) is 24.3 Å². The summed E-state index contributed by atoms with van der Waals surface area (Å²) in [5, 5.41) is 30.9. The van der Waals surface area contributed by atoms with Crippen LogP contribution in [0.3, 0.4) is 0 Å². The van der Waals surface area contributed by atoms with E-state index in [2.05, 4.69) is 0 Å². The Balaban J connectivity index is 1.35. The summed E-state index contributed by atoms with van der Waals surface area (Å²) in [7, 11) is 0. The van der Waals surface area contributed by atoms with Crippen LogP contribution in [0.15, 0.2) is 42.5 Å². The van der Waals surface area contributed by atoms with Gasteiger partial charge in [0.15, 0.2) is 24.1 Å². The van der Waals surface area contributed by atoms with Crippen molar-refractivity contribution in [1.82, 2.24) is 0 Å². The Kier molecular flexibility index (Phi) is 5.67. The van der Waals surface area contributed by atoms with Crippen molar-refractivity contribution in [1.29, 1.82) is 0 Å². The molecule has 0 amide bonds. The van der Waals surface area contributed by atoms with Crippen LogP contribution >= 0.6 is 0 Å². The number of nitrogens with zero attached hydrogens (tertiary/aromatic N) is 1. The summed E-state index contributed by atoms with van der Waals surface area (Å²) in [6, 6.07) is 11.0. The molecule has 6 atom stereocenters. The molecular weight excluding hydrogens is 426 g/mol. The predicted molar refractivity (Wildman–Crippen MR) is 105 cm³/mol. The van der Waals surface area contributed by atoms with Gasteiger partial charge in [-0.25, -0.2) is 0 Å². The zero-order chi connectivity index (χ0) is 22.2. The van der Waals surface area contributed by atoms with Gasteiger partial charge in [0.05, 0.1) is 18.1 Å². The third kappa shape index (κ3) is 3.90. The molecule has 3 aliphatic heterocycles. The van der Waals surface area contributed by atoms with Crippen LogP contribution in [0.1, 0.15) is 23.7 Å². The van der Waals surface area contributed by atoms with E-state index in [9.17, 15) is 20.3 Å². The second kappa shape index (κ2) is 8.62. The highest BCUT2D eigenvalue weighted by molar-refractivity contribution is 5.44. The lowest BCUT2D eigenvalue weighted by atomic mass is 9.99. The van der Waals surface area contributed by atoms with Gasteiger partial charge in [-0.3, -0.25) is 10.1 Å². The first kappa shape index (κ1) is 21.1. The van der Waals surface area contributed by atoms with E-state index >= 15 is 0 Å². The number of benzene rings is 2. The molecule has 0 bridgehead atoms. The van der Waals surface area contributed by atoms with Gasteiger partial charge in [-0.15, -0.1) is 0 Å². The number of nitro groups is 1. The average molecular weight is 447 g/mol. The molecule has 2 aromatic carbocycles. The second-order valence-electron chi connectivity index (χ2n) is 7.58. The Labute approximate surface area is 182 Å². The van der Waals surface area contributed by atoms with Crippen molar-refractivity contribution in [3.8, 4) is 11.5 Å². The zero-order valence-corrected chi connectivity index (χ0v) is 16.7. The fourth-order valence-corrected chi connectivity index (χ4v) is 3.92. The Morgan fingerprint density at radius 3 is 2.50 bits per heavy atom. The topological polar surface area (TPSA) is 139 Å². The van der Waals surface area contributed by atoms with Crippen LogP contribution in [-0.4, -0.2) is 59.6 Å². The first-order chi connectivity index (χ1) is 15.5. The highest BCUT2D eigenvalue weighted by Gasteiger charge is 2.48. The van der Waals surface area contributed by atoms with E-state index in [0.717, 1.165) is 0 Å². The molecule has 170 valence electrons. The van der Waals surface area contributed by atoms with E-state index in [0.29, 0.717) is 22.6 Å². The molecule has 2 aromatic rings. The number of fused-ring (bicyclic) bond motifs is 2. The van der Waals surface area contributed by atoms with Gasteiger partial charge in [-0.05, 0) is 30.3 Å². The number of nitro benzene ring substituents is 1. The maximum absolute atomic E-state index is 10.9. The molecule has 3 heterocycles. The third-order valence-electron chi connectivity index (χ3n) is 5.57. The molecule has 0 spiro atoms. The van der Waals surface area contributed by atoms with Crippen LogP contribution in [0.4, 0.5) is 5.69 Å². The molecule has 32 heavy (non-hydrogen) atoms. The van der Waals surface area contributed by atoms with E-state index in [1.807, 2.05) is 0 Å². The van der Waals surface area contributed by atoms with Crippen molar-refractivity contribution < 1.29 is 43.6 Å². The number of aliphatic hydroxyl groups is 2. The maximum atomic E-state index is 10.9. The molecule has 0 aliphatic carbocycles. The maximum Gasteiger partial charge on any atom is 0.269 e. The summed E-state index contributed by atoms with van der Waals surface area (Å²) in [6.07, 6.45) is -5.15. The van der Waals surface area contributed by atoms with Gasteiger partial charge in [0.1, 0.15) is 24.4 Å². The lowest BCUT2D eigenvalue weighted by molar-refractivity contribution is -0.385.